The molecule has 2 aromatic carbocycles. The second-order valence-corrected chi connectivity index (χ2v) is 7.66. The maximum absolute atomic E-state index is 13.0. The van der Waals surface area contributed by atoms with E-state index < -0.39 is 0 Å². The summed E-state index contributed by atoms with van der Waals surface area (Å²) in [6.45, 7) is 5.49. The van der Waals surface area contributed by atoms with Crippen LogP contribution < -0.4 is 19.3 Å². The molecule has 4 rings (SSSR count). The Morgan fingerprint density at radius 1 is 1.17 bits per heavy atom. The predicted molar refractivity (Wildman–Crippen MR) is 115 cm³/mol. The third-order valence-electron chi connectivity index (χ3n) is 5.81. The van der Waals surface area contributed by atoms with Gasteiger partial charge in [0, 0.05) is 34.4 Å². The van der Waals surface area contributed by atoms with Crippen LogP contribution in [0.25, 0.3) is 10.9 Å². The van der Waals surface area contributed by atoms with E-state index in [2.05, 4.69) is 28.9 Å². The molecule has 3 aromatic rings. The lowest BCUT2D eigenvalue weighted by Gasteiger charge is -2.38. The Balaban J connectivity index is 1.44. The van der Waals surface area contributed by atoms with Gasteiger partial charge in [-0.2, -0.15) is 0 Å². The van der Waals surface area contributed by atoms with Crippen molar-refractivity contribution in [1.82, 2.24) is 4.98 Å². The van der Waals surface area contributed by atoms with Gasteiger partial charge in [0.1, 0.15) is 18.0 Å². The first-order chi connectivity index (χ1) is 14.1. The number of H-pyrrole nitrogens is 1. The average Bonchev–Trinajstić information content (AvgIpc) is 3.17. The number of Topliss-reactive ketones (excluding diaryl/α,β-unsaturated/α-hetero) is 1. The molecule has 2 heterocycles. The summed E-state index contributed by atoms with van der Waals surface area (Å²) >= 11 is 0. The number of ketones is 1. The number of hydrogen-bond acceptors (Lipinski definition) is 4. The molecule has 2 N–H and O–H groups in total. The lowest BCUT2D eigenvalue weighted by atomic mass is 10.1. The van der Waals surface area contributed by atoms with E-state index in [1.54, 1.807) is 14.2 Å². The SMILES string of the molecule is COc1cccc(N2CC[NH+](CC(=O)c3c[nH]c4ccc(OC)cc34)C[C@@H]2C)c1. The van der Waals surface area contributed by atoms with Crippen molar-refractivity contribution < 1.29 is 19.2 Å². The molecule has 0 amide bonds. The topological polar surface area (TPSA) is 59.0 Å². The van der Waals surface area contributed by atoms with Crippen molar-refractivity contribution in [2.45, 2.75) is 13.0 Å². The zero-order chi connectivity index (χ0) is 20.4. The van der Waals surface area contributed by atoms with Crippen molar-refractivity contribution in [2.24, 2.45) is 0 Å². The van der Waals surface area contributed by atoms with Gasteiger partial charge in [-0.1, -0.05) is 6.07 Å². The van der Waals surface area contributed by atoms with Gasteiger partial charge in [-0.25, -0.2) is 0 Å². The fourth-order valence-corrected chi connectivity index (χ4v) is 4.24. The molecule has 2 atom stereocenters. The van der Waals surface area contributed by atoms with Crippen molar-refractivity contribution in [1.29, 1.82) is 0 Å². The monoisotopic (exact) mass is 394 g/mol. The number of nitrogens with one attached hydrogen (secondary N) is 2. The molecule has 6 nitrogen and oxygen atoms in total. The molecule has 0 saturated carbocycles. The smallest absolute Gasteiger partial charge is 0.219 e. The first-order valence-electron chi connectivity index (χ1n) is 10.0. The first-order valence-corrected chi connectivity index (χ1v) is 10.0. The highest BCUT2D eigenvalue weighted by Gasteiger charge is 2.29. The molecular weight excluding hydrogens is 366 g/mol. The number of anilines is 1. The highest BCUT2D eigenvalue weighted by Crippen LogP contribution is 2.24. The van der Waals surface area contributed by atoms with Crippen molar-refractivity contribution in [3.63, 3.8) is 0 Å². The first kappa shape index (κ1) is 19.3. The Morgan fingerprint density at radius 2 is 1.97 bits per heavy atom. The van der Waals surface area contributed by atoms with E-state index >= 15 is 0 Å². The lowest BCUT2D eigenvalue weighted by molar-refractivity contribution is -0.894. The molecule has 1 aliphatic heterocycles. The van der Waals surface area contributed by atoms with E-state index in [0.29, 0.717) is 12.6 Å². The predicted octanol–water partition coefficient (Wildman–Crippen LogP) is 2.16. The van der Waals surface area contributed by atoms with Crippen LogP contribution in [0.2, 0.25) is 0 Å². The molecule has 1 aliphatic rings. The van der Waals surface area contributed by atoms with E-state index in [4.69, 9.17) is 9.47 Å². The quantitative estimate of drug-likeness (QED) is 0.629. The largest absolute Gasteiger partial charge is 0.497 e. The van der Waals surface area contributed by atoms with Crippen molar-refractivity contribution in [3.05, 3.63) is 54.2 Å². The Kier molecular flexibility index (Phi) is 5.45. The van der Waals surface area contributed by atoms with Gasteiger partial charge in [0.05, 0.1) is 39.9 Å². The third kappa shape index (κ3) is 3.93. The molecule has 1 aromatic heterocycles. The summed E-state index contributed by atoms with van der Waals surface area (Å²) in [5, 5.41) is 0.928. The van der Waals surface area contributed by atoms with Gasteiger partial charge in [0.2, 0.25) is 5.78 Å². The Labute approximate surface area is 171 Å². The number of aromatic nitrogens is 1. The summed E-state index contributed by atoms with van der Waals surface area (Å²) in [6, 6.07) is 14.3. The summed E-state index contributed by atoms with van der Waals surface area (Å²) in [5.41, 5.74) is 2.88. The zero-order valence-corrected chi connectivity index (χ0v) is 17.2. The van der Waals surface area contributed by atoms with Crippen molar-refractivity contribution in [2.75, 3.05) is 45.3 Å². The fraction of sp³-hybridized carbons (Fsp3) is 0.348. The number of rotatable bonds is 6. The molecule has 1 saturated heterocycles. The van der Waals surface area contributed by atoms with Crippen LogP contribution in [-0.4, -0.2) is 57.2 Å². The van der Waals surface area contributed by atoms with Gasteiger partial charge >= 0.3 is 0 Å². The number of benzene rings is 2. The molecule has 0 aliphatic carbocycles. The number of methoxy groups -OCH3 is 2. The lowest BCUT2D eigenvalue weighted by Crippen LogP contribution is -3.16. The number of carbonyl (C=O) groups excluding carboxylic acids is 1. The Morgan fingerprint density at radius 3 is 2.72 bits per heavy atom. The summed E-state index contributed by atoms with van der Waals surface area (Å²) < 4.78 is 10.7. The van der Waals surface area contributed by atoms with Crippen LogP contribution in [-0.2, 0) is 0 Å². The van der Waals surface area contributed by atoms with Gasteiger partial charge in [-0.3, -0.25) is 4.79 Å². The minimum atomic E-state index is 0.168. The van der Waals surface area contributed by atoms with Crippen LogP contribution >= 0.6 is 0 Å². The standard InChI is InChI=1S/C23H27N3O3/c1-16-14-25(9-10-26(16)17-5-4-6-18(11-17)28-2)15-23(27)21-13-24-22-8-7-19(29-3)12-20(21)22/h4-8,11-13,16,24H,9-10,14-15H2,1-3H3/p+1/t16-/m0/s1. The van der Waals surface area contributed by atoms with E-state index in [1.807, 2.05) is 36.5 Å². The minimum Gasteiger partial charge on any atom is -0.497 e. The maximum Gasteiger partial charge on any atom is 0.219 e. The van der Waals surface area contributed by atoms with Crippen LogP contribution in [0, 0.1) is 0 Å². The van der Waals surface area contributed by atoms with E-state index in [1.165, 1.54) is 10.6 Å². The summed E-state index contributed by atoms with van der Waals surface area (Å²) in [6.07, 6.45) is 1.82. The van der Waals surface area contributed by atoms with Crippen molar-refractivity contribution >= 4 is 22.4 Å². The van der Waals surface area contributed by atoms with E-state index in [9.17, 15) is 4.79 Å². The second-order valence-electron chi connectivity index (χ2n) is 7.66. The average molecular weight is 394 g/mol. The molecule has 152 valence electrons. The highest BCUT2D eigenvalue weighted by molar-refractivity contribution is 6.08. The molecule has 1 unspecified atom stereocenters. The molecule has 6 heteroatoms. The number of piperazine rings is 1. The third-order valence-corrected chi connectivity index (χ3v) is 5.81. The van der Waals surface area contributed by atoms with Crippen LogP contribution in [0.15, 0.2) is 48.7 Å². The zero-order valence-electron chi connectivity index (χ0n) is 17.2. The number of carbonyl (C=O) groups is 1. The van der Waals surface area contributed by atoms with Crippen LogP contribution in [0.5, 0.6) is 11.5 Å². The number of nitrogens with zero attached hydrogens (tertiary/aromatic N) is 1. The van der Waals surface area contributed by atoms with E-state index in [0.717, 1.165) is 47.6 Å². The molecule has 1 fully saturated rings. The van der Waals surface area contributed by atoms with E-state index in [-0.39, 0.29) is 5.78 Å². The molecule has 0 bridgehead atoms. The molecule has 29 heavy (non-hydrogen) atoms. The van der Waals surface area contributed by atoms with Gasteiger partial charge in [-0.05, 0) is 37.3 Å². The number of ether oxygens (including phenoxy) is 2. The molecule has 0 radical (unpaired) electrons. The van der Waals surface area contributed by atoms with Crippen LogP contribution in [0.1, 0.15) is 17.3 Å². The number of fused-ring (bicyclic) bond motifs is 1. The number of hydrogen-bond donors (Lipinski definition) is 2. The summed E-state index contributed by atoms with van der Waals surface area (Å²) in [5.74, 6) is 1.80. The highest BCUT2D eigenvalue weighted by atomic mass is 16.5. The summed E-state index contributed by atoms with van der Waals surface area (Å²) in [4.78, 5) is 19.9. The van der Waals surface area contributed by atoms with Gasteiger partial charge < -0.3 is 24.3 Å². The summed E-state index contributed by atoms with van der Waals surface area (Å²) in [7, 11) is 3.33. The Hall–Kier alpha value is -2.99. The van der Waals surface area contributed by atoms with Gasteiger partial charge in [0.25, 0.3) is 0 Å². The number of quaternary nitrogens is 1. The maximum atomic E-state index is 13.0. The minimum absolute atomic E-state index is 0.168. The van der Waals surface area contributed by atoms with Crippen LogP contribution in [0.3, 0.4) is 0 Å². The molecule has 0 spiro atoms. The van der Waals surface area contributed by atoms with Gasteiger partial charge in [-0.15, -0.1) is 0 Å². The normalized spacial score (nSPS) is 19.3. The Bertz CT molecular complexity index is 1010. The van der Waals surface area contributed by atoms with Gasteiger partial charge in [0.15, 0.2) is 0 Å². The fourth-order valence-electron chi connectivity index (χ4n) is 4.24. The number of aromatic amines is 1. The molecular formula is C23H28N3O3+. The van der Waals surface area contributed by atoms with Crippen molar-refractivity contribution in [3.8, 4) is 11.5 Å². The van der Waals surface area contributed by atoms with Crippen LogP contribution in [0.4, 0.5) is 5.69 Å². The second kappa shape index (κ2) is 8.17.